The van der Waals surface area contributed by atoms with Gasteiger partial charge in [-0.3, -0.25) is 9.59 Å². The summed E-state index contributed by atoms with van der Waals surface area (Å²) in [6.07, 6.45) is 3.47. The minimum Gasteiger partial charge on any atom is -0.464 e. The van der Waals surface area contributed by atoms with Gasteiger partial charge in [0.25, 0.3) is 11.8 Å². The van der Waals surface area contributed by atoms with Crippen molar-refractivity contribution < 1.29 is 14.0 Å². The molecule has 0 unspecified atom stereocenters. The summed E-state index contributed by atoms with van der Waals surface area (Å²) in [4.78, 5) is 33.2. The van der Waals surface area contributed by atoms with Crippen LogP contribution in [0.1, 0.15) is 39.3 Å². The van der Waals surface area contributed by atoms with Crippen LogP contribution in [0.5, 0.6) is 0 Å². The Labute approximate surface area is 195 Å². The third-order valence-electron chi connectivity index (χ3n) is 5.75. The van der Waals surface area contributed by atoms with E-state index >= 15 is 0 Å². The summed E-state index contributed by atoms with van der Waals surface area (Å²) in [5.74, 6) is -0.336. The Balaban J connectivity index is 1.32. The average Bonchev–Trinajstić information content (AvgIpc) is 3.38. The average molecular weight is 461 g/mol. The first-order chi connectivity index (χ1) is 16.0. The molecule has 2 aromatic carbocycles. The highest BCUT2D eigenvalue weighted by molar-refractivity contribution is 7.19. The number of thiazole rings is 1. The van der Waals surface area contributed by atoms with E-state index in [0.717, 1.165) is 34.2 Å². The number of benzene rings is 2. The number of hydrogen-bond donors (Lipinski definition) is 2. The molecule has 7 nitrogen and oxygen atoms in total. The van der Waals surface area contributed by atoms with Crippen LogP contribution in [0, 0.1) is 6.92 Å². The number of carbonyl (C=O) groups is 2. The zero-order valence-electron chi connectivity index (χ0n) is 18.2. The van der Waals surface area contributed by atoms with E-state index in [2.05, 4.69) is 10.3 Å². The van der Waals surface area contributed by atoms with Gasteiger partial charge in [0.05, 0.1) is 16.7 Å². The van der Waals surface area contributed by atoms with Crippen LogP contribution < -0.4 is 11.1 Å². The van der Waals surface area contributed by atoms with Crippen LogP contribution in [0.25, 0.3) is 21.4 Å². The maximum Gasteiger partial charge on any atom is 0.274 e. The van der Waals surface area contributed by atoms with Gasteiger partial charge in [0, 0.05) is 24.5 Å². The molecular formula is C25H24N4O3S. The fourth-order valence-electron chi connectivity index (χ4n) is 4.01. The lowest BCUT2D eigenvalue weighted by atomic mass is 10.1. The number of fused-ring (bicyclic) bond motifs is 1. The Hall–Kier alpha value is -3.65. The van der Waals surface area contributed by atoms with E-state index < -0.39 is 0 Å². The van der Waals surface area contributed by atoms with Crippen LogP contribution in [-0.2, 0) is 0 Å². The molecule has 8 heteroatoms. The van der Waals surface area contributed by atoms with Gasteiger partial charge in [-0.2, -0.15) is 0 Å². The van der Waals surface area contributed by atoms with Gasteiger partial charge in [0.15, 0.2) is 5.13 Å². The molecule has 0 atom stereocenters. The Morgan fingerprint density at radius 2 is 2.03 bits per heavy atom. The number of nitrogens with zero attached hydrogens (tertiary/aromatic N) is 2. The van der Waals surface area contributed by atoms with Crippen LogP contribution in [-0.4, -0.2) is 40.8 Å². The van der Waals surface area contributed by atoms with E-state index in [1.54, 1.807) is 24.5 Å². The van der Waals surface area contributed by atoms with Gasteiger partial charge in [-0.05, 0) is 43.5 Å². The number of nitrogens with two attached hydrogens (primary N) is 1. The zero-order valence-corrected chi connectivity index (χ0v) is 19.0. The van der Waals surface area contributed by atoms with Gasteiger partial charge < -0.3 is 20.4 Å². The molecule has 1 aliphatic carbocycles. The normalized spacial score (nSPS) is 13.2. The van der Waals surface area contributed by atoms with Gasteiger partial charge in [-0.25, -0.2) is 4.98 Å². The number of rotatable bonds is 7. The molecule has 1 saturated carbocycles. The number of carbonyl (C=O) groups excluding carboxylic acids is 2. The van der Waals surface area contributed by atoms with Crippen molar-refractivity contribution in [2.75, 3.05) is 18.8 Å². The quantitative estimate of drug-likeness (QED) is 0.423. The molecule has 1 aliphatic rings. The fourth-order valence-corrected chi connectivity index (χ4v) is 4.83. The van der Waals surface area contributed by atoms with Crippen LogP contribution in [0.4, 0.5) is 5.13 Å². The number of furan rings is 1. The van der Waals surface area contributed by atoms with Crippen LogP contribution in [0.3, 0.4) is 0 Å². The largest absolute Gasteiger partial charge is 0.464 e. The molecule has 0 radical (unpaired) electrons. The SMILES string of the molecule is Cc1cccc(-c2sc(N)nc2C(=O)N(CCNC(=O)c2cccc3occc23)C2CC2)c1. The first kappa shape index (κ1) is 21.2. The van der Waals surface area contributed by atoms with E-state index in [1.165, 1.54) is 11.3 Å². The highest BCUT2D eigenvalue weighted by Crippen LogP contribution is 2.35. The van der Waals surface area contributed by atoms with Crippen LogP contribution in [0.15, 0.2) is 59.2 Å². The van der Waals surface area contributed by atoms with Crippen molar-refractivity contribution in [1.29, 1.82) is 0 Å². The molecule has 5 rings (SSSR count). The molecule has 0 spiro atoms. The second-order valence-electron chi connectivity index (χ2n) is 8.22. The van der Waals surface area contributed by atoms with E-state index in [1.807, 2.05) is 42.2 Å². The second-order valence-corrected chi connectivity index (χ2v) is 9.25. The second kappa shape index (κ2) is 8.71. The smallest absolute Gasteiger partial charge is 0.274 e. The minimum atomic E-state index is -0.191. The van der Waals surface area contributed by atoms with Gasteiger partial charge in [-0.15, -0.1) is 0 Å². The molecule has 0 aliphatic heterocycles. The molecule has 2 amide bonds. The number of anilines is 1. The van der Waals surface area contributed by atoms with E-state index in [0.29, 0.717) is 35.1 Å². The van der Waals surface area contributed by atoms with E-state index in [9.17, 15) is 9.59 Å². The number of aromatic nitrogens is 1. The monoisotopic (exact) mass is 460 g/mol. The number of hydrogen-bond acceptors (Lipinski definition) is 6. The number of aryl methyl sites for hydroxylation is 1. The highest BCUT2D eigenvalue weighted by atomic mass is 32.1. The molecule has 3 N–H and O–H groups in total. The topological polar surface area (TPSA) is 101 Å². The summed E-state index contributed by atoms with van der Waals surface area (Å²) in [6.45, 7) is 2.76. The van der Waals surface area contributed by atoms with E-state index in [4.69, 9.17) is 10.2 Å². The lowest BCUT2D eigenvalue weighted by molar-refractivity contribution is 0.0732. The van der Waals surface area contributed by atoms with E-state index in [-0.39, 0.29) is 17.9 Å². The predicted octanol–water partition coefficient (Wildman–Crippen LogP) is 4.48. The number of nitrogens with one attached hydrogen (secondary N) is 1. The highest BCUT2D eigenvalue weighted by Gasteiger charge is 2.35. The molecule has 2 heterocycles. The molecule has 4 aromatic rings. The van der Waals surface area contributed by atoms with Gasteiger partial charge in [0.1, 0.15) is 11.3 Å². The molecule has 2 aromatic heterocycles. The minimum absolute atomic E-state index is 0.145. The maximum absolute atomic E-state index is 13.5. The first-order valence-electron chi connectivity index (χ1n) is 10.9. The van der Waals surface area contributed by atoms with Crippen molar-refractivity contribution in [2.24, 2.45) is 0 Å². The molecule has 0 bridgehead atoms. The van der Waals surface area contributed by atoms with Crippen molar-refractivity contribution in [3.05, 3.63) is 71.6 Å². The standard InChI is InChI=1S/C25H24N4O3S/c1-15-4-2-5-16(14-15)22-21(28-25(26)33-22)24(31)29(17-8-9-17)12-11-27-23(30)19-6-3-7-20-18(19)10-13-32-20/h2-7,10,13-14,17H,8-9,11-12H2,1H3,(H2,26,28)(H,27,30). The van der Waals surface area contributed by atoms with Crippen molar-refractivity contribution in [1.82, 2.24) is 15.2 Å². The van der Waals surface area contributed by atoms with Crippen molar-refractivity contribution >= 4 is 39.3 Å². The predicted molar refractivity (Wildman–Crippen MR) is 129 cm³/mol. The summed E-state index contributed by atoms with van der Waals surface area (Å²) in [6, 6.07) is 15.3. The molecule has 168 valence electrons. The zero-order chi connectivity index (χ0) is 22.9. The summed E-state index contributed by atoms with van der Waals surface area (Å²) in [5.41, 5.74) is 9.64. The number of amides is 2. The maximum atomic E-state index is 13.5. The van der Waals surface area contributed by atoms with Gasteiger partial charge in [-0.1, -0.05) is 47.2 Å². The Kier molecular flexibility index (Phi) is 5.60. The van der Waals surface area contributed by atoms with Crippen LogP contribution >= 0.6 is 11.3 Å². The number of nitrogen functional groups attached to an aromatic ring is 1. The Morgan fingerprint density at radius 1 is 1.21 bits per heavy atom. The fraction of sp³-hybridized carbons (Fsp3) is 0.240. The molecule has 0 saturated heterocycles. The molecule has 1 fully saturated rings. The summed E-state index contributed by atoms with van der Waals surface area (Å²) in [5, 5.41) is 4.08. The van der Waals surface area contributed by atoms with Crippen molar-refractivity contribution in [3.8, 4) is 10.4 Å². The van der Waals surface area contributed by atoms with Gasteiger partial charge in [0.2, 0.25) is 0 Å². The van der Waals surface area contributed by atoms with Gasteiger partial charge >= 0.3 is 0 Å². The summed E-state index contributed by atoms with van der Waals surface area (Å²) < 4.78 is 5.38. The first-order valence-corrected chi connectivity index (χ1v) is 11.7. The third-order valence-corrected chi connectivity index (χ3v) is 6.69. The lowest BCUT2D eigenvalue weighted by Gasteiger charge is -2.22. The summed E-state index contributed by atoms with van der Waals surface area (Å²) >= 11 is 1.32. The van der Waals surface area contributed by atoms with Crippen LogP contribution in [0.2, 0.25) is 0 Å². The van der Waals surface area contributed by atoms with Crippen molar-refractivity contribution in [3.63, 3.8) is 0 Å². The van der Waals surface area contributed by atoms with Crippen molar-refractivity contribution in [2.45, 2.75) is 25.8 Å². The molecule has 33 heavy (non-hydrogen) atoms. The third kappa shape index (κ3) is 4.34. The molecular weight excluding hydrogens is 436 g/mol. The lowest BCUT2D eigenvalue weighted by Crippen LogP contribution is -2.40. The summed E-state index contributed by atoms with van der Waals surface area (Å²) in [7, 11) is 0. The Morgan fingerprint density at radius 3 is 2.82 bits per heavy atom. The Bertz CT molecular complexity index is 1340.